The lowest BCUT2D eigenvalue weighted by Crippen LogP contribution is -2.61. The van der Waals surface area contributed by atoms with E-state index >= 15 is 0 Å². The lowest BCUT2D eigenvalue weighted by molar-refractivity contribution is -0.147. The van der Waals surface area contributed by atoms with Crippen molar-refractivity contribution in [3.63, 3.8) is 0 Å². The topological polar surface area (TPSA) is 125 Å². The van der Waals surface area contributed by atoms with Gasteiger partial charge in [0.15, 0.2) is 0 Å². The van der Waals surface area contributed by atoms with Gasteiger partial charge in [0.2, 0.25) is 23.5 Å². The van der Waals surface area contributed by atoms with E-state index in [4.69, 9.17) is 0 Å². The number of ketones is 1. The van der Waals surface area contributed by atoms with Gasteiger partial charge in [0.25, 0.3) is 5.91 Å². The number of fused-ring (bicyclic) bond motifs is 1. The Labute approximate surface area is 269 Å². The minimum atomic E-state index is -1.01. The van der Waals surface area contributed by atoms with Crippen LogP contribution in [-0.2, 0) is 24.0 Å². The molecule has 7 aliphatic rings. The maximum atomic E-state index is 14.5. The molecule has 1 saturated heterocycles. The summed E-state index contributed by atoms with van der Waals surface area (Å²) >= 11 is 0. The number of amides is 4. The number of Topliss-reactive ketones (excluding diaryl/α,β-unsaturated/α-hetero) is 1. The van der Waals surface area contributed by atoms with E-state index in [2.05, 4.69) is 16.0 Å². The Kier molecular flexibility index (Phi) is 8.42. The lowest BCUT2D eigenvalue weighted by Gasteiger charge is -2.56. The molecule has 7 fully saturated rings. The van der Waals surface area contributed by atoms with Crippen molar-refractivity contribution in [3.8, 4) is 0 Å². The van der Waals surface area contributed by atoms with E-state index < -0.39 is 40.6 Å². The summed E-state index contributed by atoms with van der Waals surface area (Å²) in [4.78, 5) is 70.2. The predicted molar refractivity (Wildman–Crippen MR) is 170 cm³/mol. The number of nitrogens with zero attached hydrogens (tertiary/aromatic N) is 1. The normalized spacial score (nSPS) is 35.0. The van der Waals surface area contributed by atoms with Gasteiger partial charge in [-0.2, -0.15) is 0 Å². The van der Waals surface area contributed by atoms with Crippen molar-refractivity contribution in [2.75, 3.05) is 6.54 Å². The molecule has 0 spiro atoms. The third kappa shape index (κ3) is 6.69. The van der Waals surface area contributed by atoms with Crippen molar-refractivity contribution in [1.82, 2.24) is 20.9 Å². The molecule has 3 N–H and O–H groups in total. The quantitative estimate of drug-likeness (QED) is 0.333. The van der Waals surface area contributed by atoms with E-state index in [1.54, 1.807) is 4.90 Å². The summed E-state index contributed by atoms with van der Waals surface area (Å²) in [6.45, 7) is 11.9. The minimum Gasteiger partial charge on any atom is -0.347 e. The maximum absolute atomic E-state index is 14.5. The van der Waals surface area contributed by atoms with Crippen LogP contribution in [0.25, 0.3) is 0 Å². The fourth-order valence-corrected chi connectivity index (χ4v) is 10.3. The third-order valence-corrected chi connectivity index (χ3v) is 12.1. The summed E-state index contributed by atoms with van der Waals surface area (Å²) in [5, 5.41) is 8.90. The molecule has 0 aromatic rings. The van der Waals surface area contributed by atoms with Gasteiger partial charge in [-0.25, -0.2) is 0 Å². The van der Waals surface area contributed by atoms with Crippen LogP contribution in [0.5, 0.6) is 0 Å². The number of hydrogen-bond acceptors (Lipinski definition) is 5. The van der Waals surface area contributed by atoms with Crippen molar-refractivity contribution in [3.05, 3.63) is 0 Å². The molecule has 5 atom stereocenters. The van der Waals surface area contributed by atoms with Crippen LogP contribution < -0.4 is 16.0 Å². The first kappa shape index (κ1) is 32.5. The monoisotopic (exact) mass is 624 g/mol. The minimum absolute atomic E-state index is 0.00620. The highest BCUT2D eigenvalue weighted by Gasteiger charge is 2.54. The Morgan fingerprint density at radius 2 is 1.36 bits per heavy atom. The molecular weight excluding hydrogens is 568 g/mol. The first-order valence-corrected chi connectivity index (χ1v) is 17.8. The molecule has 1 heterocycles. The highest BCUT2D eigenvalue weighted by Crippen LogP contribution is 2.61. The van der Waals surface area contributed by atoms with Crippen LogP contribution in [0.3, 0.4) is 0 Å². The maximum Gasteiger partial charge on any atom is 0.289 e. The van der Waals surface area contributed by atoms with Gasteiger partial charge in [0.05, 0.1) is 0 Å². The SMILES string of the molecule is CC(C)(C)[C@H](NC(=O)[C@@H]1[C@H]2CCC[C@H]2CN1C(=O)[C@@H](NC(=O)CC12CC3CC(CC(C3)C1)C2)C(C)(C)C)C(=O)C(=O)NC1CC1. The average molecular weight is 625 g/mol. The zero-order valence-electron chi connectivity index (χ0n) is 28.4. The summed E-state index contributed by atoms with van der Waals surface area (Å²) in [5.74, 6) is 0.479. The van der Waals surface area contributed by atoms with E-state index in [1.807, 2.05) is 41.5 Å². The van der Waals surface area contributed by atoms with Crippen molar-refractivity contribution in [2.45, 2.75) is 143 Å². The van der Waals surface area contributed by atoms with Gasteiger partial charge < -0.3 is 20.9 Å². The number of carbonyl (C=O) groups is 5. The van der Waals surface area contributed by atoms with Crippen LogP contribution in [-0.4, -0.2) is 65.0 Å². The number of carbonyl (C=O) groups excluding carboxylic acids is 5. The van der Waals surface area contributed by atoms with E-state index in [1.165, 1.54) is 19.3 Å². The Bertz CT molecular complexity index is 1190. The van der Waals surface area contributed by atoms with Gasteiger partial charge in [-0.05, 0) is 110 Å². The van der Waals surface area contributed by atoms with Crippen LogP contribution in [0.15, 0.2) is 0 Å². The Morgan fingerprint density at radius 3 is 1.89 bits per heavy atom. The molecule has 6 aliphatic carbocycles. The molecule has 1 aliphatic heterocycles. The molecule has 45 heavy (non-hydrogen) atoms. The fourth-order valence-electron chi connectivity index (χ4n) is 10.3. The van der Waals surface area contributed by atoms with Crippen molar-refractivity contribution < 1.29 is 24.0 Å². The molecule has 4 bridgehead atoms. The molecule has 4 amide bonds. The second kappa shape index (κ2) is 11.7. The van der Waals surface area contributed by atoms with Crippen molar-refractivity contribution in [2.24, 2.45) is 45.8 Å². The van der Waals surface area contributed by atoms with Gasteiger partial charge in [-0.15, -0.1) is 0 Å². The third-order valence-electron chi connectivity index (χ3n) is 12.1. The fraction of sp³-hybridized carbons (Fsp3) is 0.861. The molecule has 9 heteroatoms. The van der Waals surface area contributed by atoms with E-state index in [9.17, 15) is 24.0 Å². The Morgan fingerprint density at radius 1 is 0.778 bits per heavy atom. The van der Waals surface area contributed by atoms with Gasteiger partial charge in [-0.3, -0.25) is 24.0 Å². The van der Waals surface area contributed by atoms with Gasteiger partial charge in [0.1, 0.15) is 18.1 Å². The van der Waals surface area contributed by atoms with Gasteiger partial charge >= 0.3 is 0 Å². The van der Waals surface area contributed by atoms with Gasteiger partial charge in [0, 0.05) is 19.0 Å². The number of likely N-dealkylation sites (tertiary alicyclic amines) is 1. The van der Waals surface area contributed by atoms with Crippen LogP contribution >= 0.6 is 0 Å². The molecule has 7 rings (SSSR count). The molecule has 0 unspecified atom stereocenters. The molecule has 0 radical (unpaired) electrons. The second-order valence-corrected chi connectivity index (χ2v) is 18.2. The van der Waals surface area contributed by atoms with Gasteiger partial charge in [-0.1, -0.05) is 48.0 Å². The standard InChI is InChI=1S/C36H56N4O5/c1-34(2,3)29(28(42)32(44)37-24-10-11-24)39-31(43)27-25-9-7-8-23(25)19-40(27)33(45)30(35(4,5)6)38-26(41)18-36-15-20-12-21(16-36)14-22(13-20)17-36/h20-25,27,29-30H,7-19H2,1-6H3,(H,37,44)(H,38,41)(H,39,43)/t20?,21?,22?,23-,25-,27-,29+,30+,36?/m0/s1. The second-order valence-electron chi connectivity index (χ2n) is 18.2. The molecule has 0 aromatic heterocycles. The van der Waals surface area contributed by atoms with E-state index in [0.717, 1.165) is 69.1 Å². The van der Waals surface area contributed by atoms with E-state index in [0.29, 0.717) is 13.0 Å². The summed E-state index contributed by atoms with van der Waals surface area (Å²) in [7, 11) is 0. The number of nitrogens with one attached hydrogen (secondary N) is 3. The summed E-state index contributed by atoms with van der Waals surface area (Å²) in [6, 6.07) is -2.48. The molecule has 0 aromatic carbocycles. The molecular formula is C36H56N4O5. The predicted octanol–water partition coefficient (Wildman–Crippen LogP) is 4.13. The summed E-state index contributed by atoms with van der Waals surface area (Å²) in [5.41, 5.74) is -1.19. The molecule has 9 nitrogen and oxygen atoms in total. The van der Waals surface area contributed by atoms with Crippen LogP contribution in [0.4, 0.5) is 0 Å². The van der Waals surface area contributed by atoms with Crippen molar-refractivity contribution in [1.29, 1.82) is 0 Å². The van der Waals surface area contributed by atoms with Crippen LogP contribution in [0, 0.1) is 45.8 Å². The number of hydrogen-bond donors (Lipinski definition) is 3. The van der Waals surface area contributed by atoms with Crippen LogP contribution in [0.2, 0.25) is 0 Å². The summed E-state index contributed by atoms with van der Waals surface area (Å²) < 4.78 is 0. The molecule has 250 valence electrons. The Balaban J connectivity index is 1.18. The first-order valence-electron chi connectivity index (χ1n) is 17.8. The Hall–Kier alpha value is -2.45. The lowest BCUT2D eigenvalue weighted by atomic mass is 9.49. The average Bonchev–Trinajstić information content (AvgIpc) is 3.48. The molecule has 6 saturated carbocycles. The number of rotatable bonds is 9. The van der Waals surface area contributed by atoms with Crippen LogP contribution in [0.1, 0.15) is 119 Å². The summed E-state index contributed by atoms with van der Waals surface area (Å²) in [6.07, 6.45) is 12.3. The zero-order valence-corrected chi connectivity index (χ0v) is 28.4. The first-order chi connectivity index (χ1) is 21.0. The highest BCUT2D eigenvalue weighted by molar-refractivity contribution is 6.38. The highest BCUT2D eigenvalue weighted by atomic mass is 16.2. The smallest absolute Gasteiger partial charge is 0.289 e. The van der Waals surface area contributed by atoms with E-state index in [-0.39, 0.29) is 41.0 Å². The largest absolute Gasteiger partial charge is 0.347 e. The van der Waals surface area contributed by atoms with Crippen molar-refractivity contribution >= 4 is 29.4 Å². The zero-order chi connectivity index (χ0) is 32.5.